The van der Waals surface area contributed by atoms with Crippen molar-refractivity contribution in [1.82, 2.24) is 14.8 Å². The topological polar surface area (TPSA) is 59.8 Å². The van der Waals surface area contributed by atoms with Crippen LogP contribution in [-0.4, -0.2) is 20.7 Å². The van der Waals surface area contributed by atoms with E-state index in [4.69, 9.17) is 5.10 Å². The molecule has 5 heteroatoms. The number of aromatic nitrogens is 3. The first kappa shape index (κ1) is 19.5. The van der Waals surface area contributed by atoms with E-state index < -0.39 is 0 Å². The predicted molar refractivity (Wildman–Crippen MR) is 127 cm³/mol. The number of amides is 1. The molecule has 2 aromatic heterocycles. The molecule has 0 fully saturated rings. The van der Waals surface area contributed by atoms with Crippen molar-refractivity contribution >= 4 is 11.6 Å². The fourth-order valence-corrected chi connectivity index (χ4v) is 3.54. The Morgan fingerprint density at radius 2 is 1.44 bits per heavy atom. The van der Waals surface area contributed by atoms with Crippen molar-refractivity contribution in [2.45, 2.75) is 0 Å². The predicted octanol–water partition coefficient (Wildman–Crippen LogP) is 5.85. The highest BCUT2D eigenvalue weighted by molar-refractivity contribution is 6.04. The van der Waals surface area contributed by atoms with Crippen LogP contribution in [0.25, 0.3) is 28.2 Å². The van der Waals surface area contributed by atoms with Gasteiger partial charge in [0.2, 0.25) is 0 Å². The van der Waals surface area contributed by atoms with E-state index in [1.54, 1.807) is 36.7 Å². The molecule has 2 heterocycles. The molecule has 0 saturated heterocycles. The minimum absolute atomic E-state index is 0.182. The summed E-state index contributed by atoms with van der Waals surface area (Å²) in [6, 6.07) is 33.4. The van der Waals surface area contributed by atoms with E-state index in [0.717, 1.165) is 28.2 Å². The second-order valence-electron chi connectivity index (χ2n) is 7.30. The number of nitrogens with one attached hydrogen (secondary N) is 1. The quantitative estimate of drug-likeness (QED) is 0.391. The van der Waals surface area contributed by atoms with Crippen LogP contribution < -0.4 is 5.32 Å². The molecule has 0 unspecified atom stereocenters. The molecule has 5 aromatic rings. The zero-order chi connectivity index (χ0) is 21.8. The van der Waals surface area contributed by atoms with Crippen molar-refractivity contribution in [2.75, 3.05) is 5.32 Å². The number of carbonyl (C=O) groups is 1. The molecule has 0 radical (unpaired) electrons. The van der Waals surface area contributed by atoms with Crippen molar-refractivity contribution in [1.29, 1.82) is 0 Å². The van der Waals surface area contributed by atoms with Gasteiger partial charge in [-0.25, -0.2) is 4.68 Å². The van der Waals surface area contributed by atoms with E-state index in [1.807, 2.05) is 65.3 Å². The molecule has 0 spiro atoms. The lowest BCUT2D eigenvalue weighted by Crippen LogP contribution is -2.12. The third-order valence-corrected chi connectivity index (χ3v) is 5.14. The summed E-state index contributed by atoms with van der Waals surface area (Å²) in [6.07, 6.45) is 3.29. The van der Waals surface area contributed by atoms with Crippen LogP contribution in [-0.2, 0) is 0 Å². The van der Waals surface area contributed by atoms with Crippen LogP contribution in [0.4, 0.5) is 5.69 Å². The Bertz CT molecular complexity index is 1330. The highest BCUT2D eigenvalue weighted by atomic mass is 16.1. The Morgan fingerprint density at radius 3 is 2.09 bits per heavy atom. The molecule has 1 amide bonds. The molecular weight excluding hydrogens is 396 g/mol. The van der Waals surface area contributed by atoms with Crippen LogP contribution in [0, 0.1) is 0 Å². The summed E-state index contributed by atoms with van der Waals surface area (Å²) >= 11 is 0. The molecule has 0 aliphatic rings. The smallest absolute Gasteiger partial charge is 0.255 e. The zero-order valence-electron chi connectivity index (χ0n) is 17.2. The molecule has 0 aliphatic heterocycles. The lowest BCUT2D eigenvalue weighted by atomic mass is 10.1. The largest absolute Gasteiger partial charge is 0.321 e. The molecule has 154 valence electrons. The van der Waals surface area contributed by atoms with Crippen molar-refractivity contribution in [3.05, 3.63) is 121 Å². The maximum absolute atomic E-state index is 12.6. The van der Waals surface area contributed by atoms with Crippen LogP contribution in [0.5, 0.6) is 0 Å². The number of nitrogens with zero attached hydrogens (tertiary/aromatic N) is 3. The zero-order valence-corrected chi connectivity index (χ0v) is 17.2. The number of hydrogen-bond donors (Lipinski definition) is 1. The molecule has 0 bridgehead atoms. The molecule has 0 atom stereocenters. The summed E-state index contributed by atoms with van der Waals surface area (Å²) in [5.41, 5.74) is 6.10. The Labute approximate surface area is 186 Å². The van der Waals surface area contributed by atoms with Crippen LogP contribution in [0.2, 0.25) is 0 Å². The van der Waals surface area contributed by atoms with Crippen LogP contribution >= 0.6 is 0 Å². The first-order chi connectivity index (χ1) is 15.8. The van der Waals surface area contributed by atoms with Crippen molar-refractivity contribution < 1.29 is 4.79 Å². The van der Waals surface area contributed by atoms with Crippen molar-refractivity contribution in [3.8, 4) is 28.2 Å². The molecule has 0 aliphatic carbocycles. The molecule has 1 N–H and O–H groups in total. The molecule has 0 saturated carbocycles. The van der Waals surface area contributed by atoms with Gasteiger partial charge < -0.3 is 5.32 Å². The van der Waals surface area contributed by atoms with Crippen molar-refractivity contribution in [3.63, 3.8) is 0 Å². The van der Waals surface area contributed by atoms with Gasteiger partial charge in [0.05, 0.1) is 29.0 Å². The average molecular weight is 416 g/mol. The normalized spacial score (nSPS) is 10.6. The molecule has 3 aromatic carbocycles. The summed E-state index contributed by atoms with van der Waals surface area (Å²) in [4.78, 5) is 16.6. The van der Waals surface area contributed by atoms with Gasteiger partial charge in [-0.1, -0.05) is 60.7 Å². The number of benzene rings is 3. The van der Waals surface area contributed by atoms with E-state index in [1.165, 1.54) is 0 Å². The van der Waals surface area contributed by atoms with Gasteiger partial charge >= 0.3 is 0 Å². The van der Waals surface area contributed by atoms with E-state index >= 15 is 0 Å². The van der Waals surface area contributed by atoms with Gasteiger partial charge in [0.1, 0.15) is 0 Å². The fourth-order valence-electron chi connectivity index (χ4n) is 3.54. The van der Waals surface area contributed by atoms with Crippen LogP contribution in [0.3, 0.4) is 0 Å². The number of carbonyl (C=O) groups excluding carboxylic acids is 1. The SMILES string of the molecule is O=C(Nc1cccnc1)c1ccc(-n2nc(-c3ccccc3)cc2-c2ccccc2)cc1. The van der Waals surface area contributed by atoms with Gasteiger partial charge in [0, 0.05) is 22.9 Å². The van der Waals surface area contributed by atoms with E-state index in [0.29, 0.717) is 11.3 Å². The highest BCUT2D eigenvalue weighted by Gasteiger charge is 2.14. The Morgan fingerprint density at radius 1 is 0.750 bits per heavy atom. The number of pyridine rings is 1. The highest BCUT2D eigenvalue weighted by Crippen LogP contribution is 2.28. The Balaban J connectivity index is 1.50. The minimum Gasteiger partial charge on any atom is -0.321 e. The van der Waals surface area contributed by atoms with Crippen LogP contribution in [0.15, 0.2) is 116 Å². The second-order valence-corrected chi connectivity index (χ2v) is 7.30. The number of rotatable bonds is 5. The third kappa shape index (κ3) is 4.04. The minimum atomic E-state index is -0.182. The van der Waals surface area contributed by atoms with Gasteiger partial charge in [-0.15, -0.1) is 0 Å². The Kier molecular flexibility index (Phi) is 5.29. The second kappa shape index (κ2) is 8.70. The van der Waals surface area contributed by atoms with E-state index in [-0.39, 0.29) is 5.91 Å². The lowest BCUT2D eigenvalue weighted by molar-refractivity contribution is 0.102. The van der Waals surface area contributed by atoms with Crippen molar-refractivity contribution in [2.24, 2.45) is 0 Å². The van der Waals surface area contributed by atoms with Gasteiger partial charge in [-0.05, 0) is 42.5 Å². The maximum Gasteiger partial charge on any atom is 0.255 e. The van der Waals surface area contributed by atoms with Crippen LogP contribution in [0.1, 0.15) is 10.4 Å². The fraction of sp³-hybridized carbons (Fsp3) is 0. The average Bonchev–Trinajstić information content (AvgIpc) is 3.31. The summed E-state index contributed by atoms with van der Waals surface area (Å²) < 4.78 is 1.92. The lowest BCUT2D eigenvalue weighted by Gasteiger charge is -2.09. The number of anilines is 1. The summed E-state index contributed by atoms with van der Waals surface area (Å²) in [5, 5.41) is 7.73. The van der Waals surface area contributed by atoms with Gasteiger partial charge in [0.15, 0.2) is 0 Å². The van der Waals surface area contributed by atoms with Gasteiger partial charge in [0.25, 0.3) is 5.91 Å². The molecule has 5 rings (SSSR count). The van der Waals surface area contributed by atoms with Gasteiger partial charge in [-0.3, -0.25) is 9.78 Å². The number of hydrogen-bond acceptors (Lipinski definition) is 3. The summed E-state index contributed by atoms with van der Waals surface area (Å²) in [5.74, 6) is -0.182. The standard InChI is InChI=1S/C27H20N4O/c32-27(29-23-12-7-17-28-19-23)22-13-15-24(16-14-22)31-26(21-10-5-2-6-11-21)18-25(30-31)20-8-3-1-4-9-20/h1-19H,(H,29,32). The monoisotopic (exact) mass is 416 g/mol. The Hall–Kier alpha value is -4.51. The summed E-state index contributed by atoms with van der Waals surface area (Å²) in [7, 11) is 0. The third-order valence-electron chi connectivity index (χ3n) is 5.14. The maximum atomic E-state index is 12.6. The molecular formula is C27H20N4O. The summed E-state index contributed by atoms with van der Waals surface area (Å²) in [6.45, 7) is 0. The van der Waals surface area contributed by atoms with E-state index in [9.17, 15) is 4.79 Å². The molecule has 32 heavy (non-hydrogen) atoms. The van der Waals surface area contributed by atoms with E-state index in [2.05, 4.69) is 28.5 Å². The first-order valence-electron chi connectivity index (χ1n) is 10.3. The molecule has 5 nitrogen and oxygen atoms in total. The first-order valence-corrected chi connectivity index (χ1v) is 10.3. The van der Waals surface area contributed by atoms with Gasteiger partial charge in [-0.2, -0.15) is 5.10 Å².